The van der Waals surface area contributed by atoms with Crippen LogP contribution in [0.5, 0.6) is 5.75 Å². The summed E-state index contributed by atoms with van der Waals surface area (Å²) in [6, 6.07) is 19.1. The number of halogens is 1. The first-order valence-electron chi connectivity index (χ1n) is 13.2. The molecule has 1 aliphatic heterocycles. The van der Waals surface area contributed by atoms with Gasteiger partial charge in [-0.1, -0.05) is 54.0 Å². The van der Waals surface area contributed by atoms with Gasteiger partial charge in [-0.15, -0.1) is 0 Å². The summed E-state index contributed by atoms with van der Waals surface area (Å²) in [6.07, 6.45) is 1.94. The van der Waals surface area contributed by atoms with Gasteiger partial charge in [0.05, 0.1) is 5.92 Å². The molecule has 0 radical (unpaired) electrons. The Balaban J connectivity index is 1.28. The zero-order chi connectivity index (χ0) is 27.9. The molecule has 0 spiro atoms. The lowest BCUT2D eigenvalue weighted by Gasteiger charge is -2.17. The van der Waals surface area contributed by atoms with E-state index in [0.717, 1.165) is 39.7 Å². The fraction of sp³-hybridized carbons (Fsp3) is 0.323. The second kappa shape index (κ2) is 12.9. The fourth-order valence-electron chi connectivity index (χ4n) is 4.68. The number of aryl methyl sites for hydroxylation is 3. The molecule has 3 amide bonds. The molecule has 1 saturated heterocycles. The number of hydrogen-bond donors (Lipinski definition) is 2. The number of anilines is 2. The van der Waals surface area contributed by atoms with Crippen molar-refractivity contribution in [1.29, 1.82) is 0 Å². The van der Waals surface area contributed by atoms with E-state index in [1.54, 1.807) is 29.2 Å². The van der Waals surface area contributed by atoms with Crippen LogP contribution in [0.1, 0.15) is 42.5 Å². The van der Waals surface area contributed by atoms with Crippen molar-refractivity contribution in [3.63, 3.8) is 0 Å². The topological polar surface area (TPSA) is 87.7 Å². The maximum atomic E-state index is 12.7. The van der Waals surface area contributed by atoms with Gasteiger partial charge in [-0.2, -0.15) is 0 Å². The number of ether oxygens (including phenoxy) is 1. The average Bonchev–Trinajstić information content (AvgIpc) is 3.34. The summed E-state index contributed by atoms with van der Waals surface area (Å²) in [4.78, 5) is 39.6. The van der Waals surface area contributed by atoms with Gasteiger partial charge >= 0.3 is 0 Å². The molecule has 1 atom stereocenters. The molecule has 1 aliphatic rings. The second-order valence-corrected chi connectivity index (χ2v) is 10.7. The average molecular weight is 593 g/mol. The zero-order valence-corrected chi connectivity index (χ0v) is 24.1. The number of rotatable bonds is 10. The SMILES string of the molecule is CCc1ccc(CNC(=O)[C@@H]2CC(=O)N(c3ccc(OCC(=O)Nc4c(C)cc(Br)cc4CC)cc3)C2)cc1. The first-order chi connectivity index (χ1) is 18.8. The van der Waals surface area contributed by atoms with E-state index in [4.69, 9.17) is 4.74 Å². The third-order valence-corrected chi connectivity index (χ3v) is 7.40. The largest absolute Gasteiger partial charge is 0.484 e. The molecule has 3 aromatic rings. The molecule has 0 saturated carbocycles. The van der Waals surface area contributed by atoms with Gasteiger partial charge < -0.3 is 20.3 Å². The Bertz CT molecular complexity index is 1340. The van der Waals surface area contributed by atoms with Crippen LogP contribution < -0.4 is 20.3 Å². The molecule has 0 aromatic heterocycles. The lowest BCUT2D eigenvalue weighted by atomic mass is 10.1. The van der Waals surface area contributed by atoms with E-state index in [1.807, 2.05) is 38.1 Å². The highest BCUT2D eigenvalue weighted by Gasteiger charge is 2.35. The molecule has 0 bridgehead atoms. The summed E-state index contributed by atoms with van der Waals surface area (Å²) in [5, 5.41) is 5.91. The Morgan fingerprint density at radius 1 is 1.00 bits per heavy atom. The highest BCUT2D eigenvalue weighted by Crippen LogP contribution is 2.28. The predicted octanol–water partition coefficient (Wildman–Crippen LogP) is 5.57. The van der Waals surface area contributed by atoms with Crippen LogP contribution in [-0.4, -0.2) is 30.9 Å². The Kier molecular flexibility index (Phi) is 9.41. The molecule has 0 unspecified atom stereocenters. The Morgan fingerprint density at radius 3 is 2.36 bits per heavy atom. The molecule has 0 aliphatic carbocycles. The van der Waals surface area contributed by atoms with Crippen LogP contribution >= 0.6 is 15.9 Å². The highest BCUT2D eigenvalue weighted by atomic mass is 79.9. The van der Waals surface area contributed by atoms with Crippen LogP contribution in [0.2, 0.25) is 0 Å². The number of carbonyl (C=O) groups excluding carboxylic acids is 3. The van der Waals surface area contributed by atoms with E-state index >= 15 is 0 Å². The van der Waals surface area contributed by atoms with Gasteiger partial charge in [-0.25, -0.2) is 0 Å². The van der Waals surface area contributed by atoms with E-state index in [9.17, 15) is 14.4 Å². The predicted molar refractivity (Wildman–Crippen MR) is 157 cm³/mol. The maximum Gasteiger partial charge on any atom is 0.262 e. The monoisotopic (exact) mass is 591 g/mol. The Morgan fingerprint density at radius 2 is 1.69 bits per heavy atom. The minimum atomic E-state index is -0.401. The van der Waals surface area contributed by atoms with Crippen molar-refractivity contribution >= 4 is 45.0 Å². The maximum absolute atomic E-state index is 12.7. The van der Waals surface area contributed by atoms with Gasteiger partial charge in [0, 0.05) is 35.4 Å². The molecular formula is C31H34BrN3O4. The number of nitrogens with zero attached hydrogens (tertiary/aromatic N) is 1. The molecule has 204 valence electrons. The Labute approximate surface area is 238 Å². The van der Waals surface area contributed by atoms with E-state index < -0.39 is 5.92 Å². The van der Waals surface area contributed by atoms with E-state index in [0.29, 0.717) is 24.5 Å². The summed E-state index contributed by atoms with van der Waals surface area (Å²) >= 11 is 3.50. The van der Waals surface area contributed by atoms with Crippen LogP contribution in [0.15, 0.2) is 65.1 Å². The van der Waals surface area contributed by atoms with Gasteiger partial charge in [-0.05, 0) is 78.4 Å². The summed E-state index contributed by atoms with van der Waals surface area (Å²) < 4.78 is 6.66. The lowest BCUT2D eigenvalue weighted by Crippen LogP contribution is -2.32. The number of nitrogens with one attached hydrogen (secondary N) is 2. The number of benzene rings is 3. The summed E-state index contributed by atoms with van der Waals surface area (Å²) in [5.74, 6) is -0.339. The molecule has 7 nitrogen and oxygen atoms in total. The molecule has 3 aromatic carbocycles. The van der Waals surface area contributed by atoms with Crippen molar-refractivity contribution in [1.82, 2.24) is 5.32 Å². The Hall–Kier alpha value is -3.65. The van der Waals surface area contributed by atoms with Crippen LogP contribution in [0.4, 0.5) is 11.4 Å². The van der Waals surface area contributed by atoms with E-state index in [2.05, 4.69) is 45.6 Å². The third kappa shape index (κ3) is 7.26. The first kappa shape index (κ1) is 28.4. The number of carbonyl (C=O) groups is 3. The van der Waals surface area contributed by atoms with Crippen molar-refractivity contribution in [3.05, 3.63) is 87.4 Å². The van der Waals surface area contributed by atoms with Gasteiger partial charge in [0.1, 0.15) is 5.75 Å². The van der Waals surface area contributed by atoms with Crippen LogP contribution in [0, 0.1) is 12.8 Å². The lowest BCUT2D eigenvalue weighted by molar-refractivity contribution is -0.126. The smallest absolute Gasteiger partial charge is 0.262 e. The quantitative estimate of drug-likeness (QED) is 0.323. The fourth-order valence-corrected chi connectivity index (χ4v) is 5.30. The second-order valence-electron chi connectivity index (χ2n) is 9.73. The minimum absolute atomic E-state index is 0.0907. The molecular weight excluding hydrogens is 558 g/mol. The van der Waals surface area contributed by atoms with Crippen LogP contribution in [0.3, 0.4) is 0 Å². The number of hydrogen-bond acceptors (Lipinski definition) is 4. The summed E-state index contributed by atoms with van der Waals surface area (Å²) in [6.45, 7) is 6.74. The van der Waals surface area contributed by atoms with Gasteiger partial charge in [-0.3, -0.25) is 14.4 Å². The molecule has 2 N–H and O–H groups in total. The molecule has 1 heterocycles. The first-order valence-corrected chi connectivity index (χ1v) is 14.0. The van der Waals surface area contributed by atoms with Gasteiger partial charge in [0.15, 0.2) is 6.61 Å². The molecule has 8 heteroatoms. The van der Waals surface area contributed by atoms with Crippen LogP contribution in [-0.2, 0) is 33.8 Å². The van der Waals surface area contributed by atoms with Crippen molar-refractivity contribution in [3.8, 4) is 5.75 Å². The molecule has 4 rings (SSSR count). The standard InChI is InChI=1S/C31H34BrN3O4/c1-4-21-6-8-22(9-7-21)17-33-31(38)24-16-29(37)35(18-24)26-10-12-27(13-11-26)39-19-28(36)34-30-20(3)14-25(32)15-23(30)5-2/h6-15,24H,4-5,16-19H2,1-3H3,(H,33,38)(H,34,36)/t24-/m1/s1. The van der Waals surface area contributed by atoms with Crippen LogP contribution in [0.25, 0.3) is 0 Å². The number of amides is 3. The zero-order valence-electron chi connectivity index (χ0n) is 22.6. The van der Waals surface area contributed by atoms with Crippen molar-refractivity contribution in [2.45, 2.75) is 46.6 Å². The van der Waals surface area contributed by atoms with Gasteiger partial charge in [0.25, 0.3) is 5.91 Å². The molecule has 1 fully saturated rings. The molecule has 39 heavy (non-hydrogen) atoms. The summed E-state index contributed by atoms with van der Waals surface area (Å²) in [7, 11) is 0. The summed E-state index contributed by atoms with van der Waals surface area (Å²) in [5.41, 5.74) is 5.82. The van der Waals surface area contributed by atoms with Crippen molar-refractivity contribution in [2.75, 3.05) is 23.4 Å². The third-order valence-electron chi connectivity index (χ3n) is 6.94. The van der Waals surface area contributed by atoms with Crippen molar-refractivity contribution in [2.24, 2.45) is 5.92 Å². The van der Waals surface area contributed by atoms with E-state index in [-0.39, 0.29) is 30.7 Å². The van der Waals surface area contributed by atoms with Gasteiger partial charge in [0.2, 0.25) is 11.8 Å². The van der Waals surface area contributed by atoms with E-state index in [1.165, 1.54) is 5.56 Å². The minimum Gasteiger partial charge on any atom is -0.484 e. The highest BCUT2D eigenvalue weighted by molar-refractivity contribution is 9.10. The normalized spacial score (nSPS) is 14.8. The van der Waals surface area contributed by atoms with Crippen molar-refractivity contribution < 1.29 is 19.1 Å².